The fourth-order valence-corrected chi connectivity index (χ4v) is 1.65. The highest BCUT2D eigenvalue weighted by molar-refractivity contribution is 5.69. The molecule has 0 aliphatic carbocycles. The third-order valence-electron chi connectivity index (χ3n) is 2.56. The second kappa shape index (κ2) is 6.00. The van der Waals surface area contributed by atoms with Crippen molar-refractivity contribution in [2.75, 3.05) is 5.32 Å². The molecule has 0 saturated carbocycles. The van der Waals surface area contributed by atoms with Gasteiger partial charge in [-0.15, -0.1) is 0 Å². The van der Waals surface area contributed by atoms with Crippen LogP contribution in [0.4, 0.5) is 10.1 Å². The minimum Gasteiger partial charge on any atom is -0.427 e. The van der Waals surface area contributed by atoms with E-state index in [0.717, 1.165) is 5.69 Å². The minimum absolute atomic E-state index is 0.230. The molecule has 2 aromatic carbocycles. The van der Waals surface area contributed by atoms with Gasteiger partial charge in [0.15, 0.2) is 0 Å². The van der Waals surface area contributed by atoms with Crippen LogP contribution in [0.2, 0.25) is 0 Å². The van der Waals surface area contributed by atoms with E-state index in [-0.39, 0.29) is 11.8 Å². The van der Waals surface area contributed by atoms with Gasteiger partial charge in [0.25, 0.3) is 0 Å². The first-order valence-corrected chi connectivity index (χ1v) is 5.91. The van der Waals surface area contributed by atoms with E-state index in [1.807, 2.05) is 0 Å². The summed E-state index contributed by atoms with van der Waals surface area (Å²) in [6.07, 6.45) is 0. The van der Waals surface area contributed by atoms with Crippen molar-refractivity contribution in [2.45, 2.75) is 13.5 Å². The van der Waals surface area contributed by atoms with Crippen molar-refractivity contribution in [1.29, 1.82) is 0 Å². The van der Waals surface area contributed by atoms with Gasteiger partial charge in [-0.1, -0.05) is 18.2 Å². The van der Waals surface area contributed by atoms with Gasteiger partial charge >= 0.3 is 5.97 Å². The molecule has 0 fully saturated rings. The number of benzene rings is 2. The van der Waals surface area contributed by atoms with Crippen molar-refractivity contribution in [3.05, 3.63) is 59.9 Å². The molecule has 19 heavy (non-hydrogen) atoms. The molecule has 0 bridgehead atoms. The molecule has 1 N–H and O–H groups in total. The van der Waals surface area contributed by atoms with Gasteiger partial charge in [-0.2, -0.15) is 0 Å². The maximum Gasteiger partial charge on any atom is 0.308 e. The molecule has 0 atom stereocenters. The number of halogens is 1. The predicted molar refractivity (Wildman–Crippen MR) is 71.5 cm³/mol. The number of anilines is 1. The van der Waals surface area contributed by atoms with E-state index in [9.17, 15) is 9.18 Å². The van der Waals surface area contributed by atoms with Gasteiger partial charge in [-0.25, -0.2) is 4.39 Å². The Kier molecular flexibility index (Phi) is 4.13. The van der Waals surface area contributed by atoms with Crippen molar-refractivity contribution in [3.8, 4) is 5.75 Å². The number of nitrogens with one attached hydrogen (secondary N) is 1. The first-order chi connectivity index (χ1) is 9.15. The lowest BCUT2D eigenvalue weighted by Gasteiger charge is -2.08. The Morgan fingerprint density at radius 3 is 2.47 bits per heavy atom. The van der Waals surface area contributed by atoms with E-state index in [0.29, 0.717) is 17.9 Å². The summed E-state index contributed by atoms with van der Waals surface area (Å²) in [5.74, 6) is -0.0949. The second-order valence-corrected chi connectivity index (χ2v) is 4.06. The quantitative estimate of drug-likeness (QED) is 0.676. The summed E-state index contributed by atoms with van der Waals surface area (Å²) in [7, 11) is 0. The van der Waals surface area contributed by atoms with Crippen molar-refractivity contribution in [1.82, 2.24) is 0 Å². The lowest BCUT2D eigenvalue weighted by molar-refractivity contribution is -0.131. The van der Waals surface area contributed by atoms with Crippen LogP contribution in [0.15, 0.2) is 48.5 Å². The van der Waals surface area contributed by atoms with Crippen LogP contribution in [0.5, 0.6) is 5.75 Å². The fourth-order valence-electron chi connectivity index (χ4n) is 1.65. The maximum absolute atomic E-state index is 13.4. The van der Waals surface area contributed by atoms with Crippen molar-refractivity contribution in [2.24, 2.45) is 0 Å². The van der Waals surface area contributed by atoms with Crippen LogP contribution in [-0.2, 0) is 11.3 Å². The highest BCUT2D eigenvalue weighted by Crippen LogP contribution is 2.17. The maximum atomic E-state index is 13.4. The second-order valence-electron chi connectivity index (χ2n) is 4.06. The molecule has 0 saturated heterocycles. The first kappa shape index (κ1) is 13.1. The molecule has 0 aliphatic heterocycles. The fraction of sp³-hybridized carbons (Fsp3) is 0.133. The SMILES string of the molecule is CC(=O)Oc1ccc(NCc2ccccc2F)cc1. The smallest absolute Gasteiger partial charge is 0.308 e. The number of esters is 1. The Hall–Kier alpha value is -2.36. The van der Waals surface area contributed by atoms with E-state index in [4.69, 9.17) is 4.74 Å². The van der Waals surface area contributed by atoms with E-state index in [1.165, 1.54) is 13.0 Å². The molecule has 0 aliphatic rings. The number of rotatable bonds is 4. The molecule has 3 nitrogen and oxygen atoms in total. The predicted octanol–water partition coefficient (Wildman–Crippen LogP) is 3.36. The van der Waals surface area contributed by atoms with Gasteiger partial charge in [-0.05, 0) is 30.3 Å². The average Bonchev–Trinajstić information content (AvgIpc) is 2.39. The Balaban J connectivity index is 1.97. The van der Waals surface area contributed by atoms with Crippen LogP contribution in [0.25, 0.3) is 0 Å². The highest BCUT2D eigenvalue weighted by atomic mass is 19.1. The standard InChI is InChI=1S/C15H14FNO2/c1-11(18)19-14-8-6-13(7-9-14)17-10-12-4-2-3-5-15(12)16/h2-9,17H,10H2,1H3. The zero-order valence-electron chi connectivity index (χ0n) is 10.5. The van der Waals surface area contributed by atoms with E-state index in [2.05, 4.69) is 5.32 Å². The molecule has 0 radical (unpaired) electrons. The van der Waals surface area contributed by atoms with E-state index in [1.54, 1.807) is 42.5 Å². The van der Waals surface area contributed by atoms with Crippen LogP contribution in [0.3, 0.4) is 0 Å². The molecular weight excluding hydrogens is 245 g/mol. The summed E-state index contributed by atoms with van der Waals surface area (Å²) >= 11 is 0. The lowest BCUT2D eigenvalue weighted by atomic mass is 10.2. The topological polar surface area (TPSA) is 38.3 Å². The molecular formula is C15H14FNO2. The lowest BCUT2D eigenvalue weighted by Crippen LogP contribution is -2.03. The van der Waals surface area contributed by atoms with Gasteiger partial charge in [0, 0.05) is 24.7 Å². The molecule has 2 rings (SSSR count). The molecule has 4 heteroatoms. The normalized spacial score (nSPS) is 10.0. The van der Waals surface area contributed by atoms with Crippen molar-refractivity contribution >= 4 is 11.7 Å². The van der Waals surface area contributed by atoms with Gasteiger partial charge in [0.1, 0.15) is 11.6 Å². The summed E-state index contributed by atoms with van der Waals surface area (Å²) in [6, 6.07) is 13.5. The van der Waals surface area contributed by atoms with Crippen molar-refractivity contribution in [3.63, 3.8) is 0 Å². The Morgan fingerprint density at radius 1 is 1.16 bits per heavy atom. The van der Waals surface area contributed by atoms with Crippen molar-refractivity contribution < 1.29 is 13.9 Å². The third kappa shape index (κ3) is 3.81. The Bertz CT molecular complexity index is 567. The zero-order valence-corrected chi connectivity index (χ0v) is 10.5. The number of carbonyl (C=O) groups is 1. The molecule has 0 unspecified atom stereocenters. The van der Waals surface area contributed by atoms with Gasteiger partial charge in [0.05, 0.1) is 0 Å². The molecule has 98 valence electrons. The summed E-state index contributed by atoms with van der Waals surface area (Å²) in [4.78, 5) is 10.8. The van der Waals surface area contributed by atoms with E-state index >= 15 is 0 Å². The van der Waals surface area contributed by atoms with Crippen LogP contribution in [-0.4, -0.2) is 5.97 Å². The molecule has 0 heterocycles. The summed E-state index contributed by atoms with van der Waals surface area (Å²) in [5, 5.41) is 3.10. The number of carbonyl (C=O) groups excluding carboxylic acids is 1. The summed E-state index contributed by atoms with van der Waals surface area (Å²) in [6.45, 7) is 1.75. The molecule has 2 aromatic rings. The zero-order chi connectivity index (χ0) is 13.7. The van der Waals surface area contributed by atoms with Gasteiger partial charge in [0.2, 0.25) is 0 Å². The third-order valence-corrected chi connectivity index (χ3v) is 2.56. The van der Waals surface area contributed by atoms with Gasteiger partial charge < -0.3 is 10.1 Å². The van der Waals surface area contributed by atoms with Crippen LogP contribution >= 0.6 is 0 Å². The molecule has 0 spiro atoms. The largest absolute Gasteiger partial charge is 0.427 e. The molecule has 0 aromatic heterocycles. The number of hydrogen-bond donors (Lipinski definition) is 1. The van der Waals surface area contributed by atoms with E-state index < -0.39 is 0 Å². The average molecular weight is 259 g/mol. The minimum atomic E-state index is -0.355. The summed E-state index contributed by atoms with van der Waals surface area (Å²) in [5.41, 5.74) is 1.44. The van der Waals surface area contributed by atoms with Crippen LogP contribution in [0.1, 0.15) is 12.5 Å². The Morgan fingerprint density at radius 2 is 1.84 bits per heavy atom. The number of ether oxygens (including phenoxy) is 1. The summed E-state index contributed by atoms with van der Waals surface area (Å²) < 4.78 is 18.3. The monoisotopic (exact) mass is 259 g/mol. The van der Waals surface area contributed by atoms with Gasteiger partial charge in [-0.3, -0.25) is 4.79 Å². The highest BCUT2D eigenvalue weighted by Gasteiger charge is 2.01. The van der Waals surface area contributed by atoms with Crippen LogP contribution in [0, 0.1) is 5.82 Å². The molecule has 0 amide bonds. The van der Waals surface area contributed by atoms with Crippen LogP contribution < -0.4 is 10.1 Å². The number of hydrogen-bond acceptors (Lipinski definition) is 3. The Labute approximate surface area is 111 Å². The first-order valence-electron chi connectivity index (χ1n) is 5.91.